The van der Waals surface area contributed by atoms with Crippen LogP contribution >= 0.6 is 12.4 Å². The summed E-state index contributed by atoms with van der Waals surface area (Å²) in [6.07, 6.45) is 3.83. The van der Waals surface area contributed by atoms with Crippen LogP contribution in [0.25, 0.3) is 5.65 Å². The van der Waals surface area contributed by atoms with Gasteiger partial charge in [0.15, 0.2) is 0 Å². The number of nitrogen functional groups attached to an aromatic ring is 1. The van der Waals surface area contributed by atoms with Crippen molar-refractivity contribution in [3.05, 3.63) is 69.8 Å². The van der Waals surface area contributed by atoms with Gasteiger partial charge in [0.1, 0.15) is 5.65 Å². The molecule has 4 rings (SSSR count). The van der Waals surface area contributed by atoms with E-state index < -0.39 is 0 Å². The maximum atomic E-state index is 12.4. The highest BCUT2D eigenvalue weighted by molar-refractivity contribution is 5.85. The Morgan fingerprint density at radius 1 is 1.24 bits per heavy atom. The molecule has 0 fully saturated rings. The molecule has 2 N–H and O–H groups in total. The van der Waals surface area contributed by atoms with Crippen LogP contribution in [0.2, 0.25) is 0 Å². The number of benzene rings is 1. The molecule has 6 heteroatoms. The highest BCUT2D eigenvalue weighted by atomic mass is 35.5. The van der Waals surface area contributed by atoms with Crippen LogP contribution in [0.5, 0.6) is 0 Å². The largest absolute Gasteiger partial charge is 0.398 e. The lowest BCUT2D eigenvalue weighted by atomic mass is 10.00. The predicted octanol–water partition coefficient (Wildman–Crippen LogP) is 2.96. The molecule has 0 saturated heterocycles. The van der Waals surface area contributed by atoms with Crippen molar-refractivity contribution in [1.29, 1.82) is 0 Å². The van der Waals surface area contributed by atoms with E-state index in [0.29, 0.717) is 6.54 Å². The molecule has 1 aromatic carbocycles. The van der Waals surface area contributed by atoms with E-state index in [4.69, 9.17) is 10.7 Å². The Bertz CT molecular complexity index is 983. The van der Waals surface area contributed by atoms with Gasteiger partial charge in [-0.05, 0) is 49.1 Å². The second-order valence-electron chi connectivity index (χ2n) is 6.34. The molecule has 0 saturated carbocycles. The van der Waals surface area contributed by atoms with E-state index >= 15 is 0 Å². The van der Waals surface area contributed by atoms with Crippen LogP contribution in [0.4, 0.5) is 11.4 Å². The Balaban J connectivity index is 0.00000182. The lowest BCUT2D eigenvalue weighted by Gasteiger charge is -2.31. The topological polar surface area (TPSA) is 63.6 Å². The molecule has 0 unspecified atom stereocenters. The van der Waals surface area contributed by atoms with Crippen molar-refractivity contribution in [2.24, 2.45) is 0 Å². The molecule has 0 spiro atoms. The van der Waals surface area contributed by atoms with E-state index in [1.165, 1.54) is 5.56 Å². The summed E-state index contributed by atoms with van der Waals surface area (Å²) < 4.78 is 1.60. The summed E-state index contributed by atoms with van der Waals surface area (Å²) >= 11 is 0. The second-order valence-corrected chi connectivity index (χ2v) is 6.34. The molecule has 5 nitrogen and oxygen atoms in total. The fourth-order valence-corrected chi connectivity index (χ4v) is 3.48. The van der Waals surface area contributed by atoms with Crippen molar-refractivity contribution in [2.75, 3.05) is 17.2 Å². The van der Waals surface area contributed by atoms with Crippen molar-refractivity contribution >= 4 is 29.4 Å². The molecule has 0 bridgehead atoms. The quantitative estimate of drug-likeness (QED) is 0.717. The van der Waals surface area contributed by atoms with Gasteiger partial charge in [0.05, 0.1) is 12.2 Å². The number of aromatic nitrogens is 2. The van der Waals surface area contributed by atoms with Gasteiger partial charge in [0, 0.05) is 30.2 Å². The lowest BCUT2D eigenvalue weighted by molar-refractivity contribution is 0.684. The van der Waals surface area contributed by atoms with Crippen LogP contribution in [0.3, 0.4) is 0 Å². The summed E-state index contributed by atoms with van der Waals surface area (Å²) in [4.78, 5) is 19.4. The van der Waals surface area contributed by atoms with E-state index in [1.807, 2.05) is 31.2 Å². The fraction of sp³-hybridized carbons (Fsp3) is 0.263. The number of hydrogen-bond donors (Lipinski definition) is 1. The average molecular weight is 357 g/mol. The van der Waals surface area contributed by atoms with E-state index in [1.54, 1.807) is 16.7 Å². The number of nitrogens with zero attached hydrogens (tertiary/aromatic N) is 3. The van der Waals surface area contributed by atoms with Crippen LogP contribution in [0.15, 0.2) is 47.4 Å². The van der Waals surface area contributed by atoms with Crippen LogP contribution < -0.4 is 16.2 Å². The minimum absolute atomic E-state index is 0. The van der Waals surface area contributed by atoms with Gasteiger partial charge in [-0.15, -0.1) is 12.4 Å². The van der Waals surface area contributed by atoms with E-state index in [-0.39, 0.29) is 18.0 Å². The van der Waals surface area contributed by atoms with Gasteiger partial charge in [-0.1, -0.05) is 12.1 Å². The van der Waals surface area contributed by atoms with E-state index in [9.17, 15) is 4.79 Å². The molecule has 0 atom stereocenters. The summed E-state index contributed by atoms with van der Waals surface area (Å²) in [6, 6.07) is 11.5. The van der Waals surface area contributed by atoms with Crippen LogP contribution in [0.1, 0.15) is 23.2 Å². The van der Waals surface area contributed by atoms with Gasteiger partial charge in [0.25, 0.3) is 5.56 Å². The molecule has 25 heavy (non-hydrogen) atoms. The average Bonchev–Trinajstić information content (AvgIpc) is 2.57. The van der Waals surface area contributed by atoms with Crippen molar-refractivity contribution in [2.45, 2.75) is 26.3 Å². The van der Waals surface area contributed by atoms with Gasteiger partial charge in [-0.3, -0.25) is 9.20 Å². The predicted molar refractivity (Wildman–Crippen MR) is 104 cm³/mol. The number of fused-ring (bicyclic) bond motifs is 2. The number of nitrogens with two attached hydrogens (primary N) is 1. The minimum atomic E-state index is -0.0384. The van der Waals surface area contributed by atoms with Crippen molar-refractivity contribution in [1.82, 2.24) is 9.38 Å². The maximum Gasteiger partial charge on any atom is 0.258 e. The third-order valence-corrected chi connectivity index (χ3v) is 4.68. The summed E-state index contributed by atoms with van der Waals surface area (Å²) in [5, 5.41) is 0. The van der Waals surface area contributed by atoms with Gasteiger partial charge in [0.2, 0.25) is 0 Å². The van der Waals surface area contributed by atoms with E-state index in [2.05, 4.69) is 11.0 Å². The van der Waals surface area contributed by atoms with E-state index in [0.717, 1.165) is 47.7 Å². The molecule has 1 aliphatic rings. The Labute approximate surface area is 152 Å². The summed E-state index contributed by atoms with van der Waals surface area (Å²) in [6.45, 7) is 3.55. The first-order valence-corrected chi connectivity index (χ1v) is 8.24. The number of halogens is 1. The Hall–Kier alpha value is -2.53. The first-order chi connectivity index (χ1) is 11.6. The zero-order valence-electron chi connectivity index (χ0n) is 14.1. The normalized spacial score (nSPS) is 13.4. The number of rotatable bonds is 2. The highest BCUT2D eigenvalue weighted by Gasteiger charge is 2.19. The SMILES string of the molecule is Cc1cccn2c(=O)cc(CN3CCCc4c(N)cccc43)nc12.Cl. The molecule has 1 aliphatic heterocycles. The standard InChI is InChI=1S/C19H20N4O.ClH/c1-13-5-3-10-23-18(24)11-14(21-19(13)23)12-22-9-4-6-15-16(20)7-2-8-17(15)22;/h2-3,5,7-8,10-11H,4,6,9,12,20H2,1H3;1H. The minimum Gasteiger partial charge on any atom is -0.398 e. The number of pyridine rings is 1. The number of hydrogen-bond acceptors (Lipinski definition) is 4. The van der Waals surface area contributed by atoms with Crippen LogP contribution in [-0.4, -0.2) is 15.9 Å². The number of aryl methyl sites for hydroxylation is 1. The molecule has 130 valence electrons. The van der Waals surface area contributed by atoms with Crippen LogP contribution in [0, 0.1) is 6.92 Å². The van der Waals surface area contributed by atoms with Gasteiger partial charge in [-0.25, -0.2) is 4.98 Å². The van der Waals surface area contributed by atoms with Gasteiger partial charge < -0.3 is 10.6 Å². The third-order valence-electron chi connectivity index (χ3n) is 4.68. The molecule has 0 aliphatic carbocycles. The van der Waals surface area contributed by atoms with Gasteiger partial charge >= 0.3 is 0 Å². The maximum absolute atomic E-state index is 12.4. The Kier molecular flexibility index (Phi) is 4.68. The first-order valence-electron chi connectivity index (χ1n) is 8.24. The summed E-state index contributed by atoms with van der Waals surface area (Å²) in [7, 11) is 0. The summed E-state index contributed by atoms with van der Waals surface area (Å²) in [5.74, 6) is 0. The first kappa shape index (κ1) is 17.3. The number of anilines is 2. The van der Waals surface area contributed by atoms with Crippen molar-refractivity contribution < 1.29 is 0 Å². The molecule has 2 aromatic heterocycles. The zero-order valence-corrected chi connectivity index (χ0v) is 14.9. The Morgan fingerprint density at radius 3 is 2.92 bits per heavy atom. The van der Waals surface area contributed by atoms with Crippen LogP contribution in [-0.2, 0) is 13.0 Å². The Morgan fingerprint density at radius 2 is 2.08 bits per heavy atom. The van der Waals surface area contributed by atoms with Gasteiger partial charge in [-0.2, -0.15) is 0 Å². The lowest BCUT2D eigenvalue weighted by Crippen LogP contribution is -2.30. The second kappa shape index (κ2) is 6.76. The highest BCUT2D eigenvalue weighted by Crippen LogP contribution is 2.31. The molecule has 3 heterocycles. The fourth-order valence-electron chi connectivity index (χ4n) is 3.48. The molecule has 0 amide bonds. The van der Waals surface area contributed by atoms with Crippen molar-refractivity contribution in [3.63, 3.8) is 0 Å². The third kappa shape index (κ3) is 3.07. The molecule has 0 radical (unpaired) electrons. The molecular formula is C19H21ClN4O. The smallest absolute Gasteiger partial charge is 0.258 e. The zero-order chi connectivity index (χ0) is 16.7. The van der Waals surface area contributed by atoms with Crippen molar-refractivity contribution in [3.8, 4) is 0 Å². The molecule has 3 aromatic rings. The monoisotopic (exact) mass is 356 g/mol. The summed E-state index contributed by atoms with van der Waals surface area (Å²) in [5.41, 5.74) is 11.8. The molecular weight excluding hydrogens is 336 g/mol.